The summed E-state index contributed by atoms with van der Waals surface area (Å²) in [6, 6.07) is 4.25. The molecule has 36 heavy (non-hydrogen) atoms. The molecule has 0 spiro atoms. The maximum absolute atomic E-state index is 14.9. The highest BCUT2D eigenvalue weighted by Crippen LogP contribution is 2.33. The van der Waals surface area contributed by atoms with Crippen molar-refractivity contribution in [3.05, 3.63) is 65.5 Å². The van der Waals surface area contributed by atoms with Gasteiger partial charge in [-0.15, -0.1) is 0 Å². The minimum atomic E-state index is -4.68. The number of nitrogen functional groups attached to an aromatic ring is 1. The Morgan fingerprint density at radius 1 is 1.11 bits per heavy atom. The lowest BCUT2D eigenvalue weighted by molar-refractivity contribution is -0.137. The molecule has 3 heterocycles. The number of aromatic nitrogens is 5. The molecule has 0 aliphatic carbocycles. The van der Waals surface area contributed by atoms with Crippen molar-refractivity contribution < 1.29 is 35.5 Å². The van der Waals surface area contributed by atoms with E-state index in [1.807, 2.05) is 0 Å². The van der Waals surface area contributed by atoms with Gasteiger partial charge in [0.2, 0.25) is 6.43 Å². The van der Waals surface area contributed by atoms with Crippen LogP contribution in [0.25, 0.3) is 16.7 Å². The SMILES string of the molecule is Nc1ncnc2c(C(CF)C(F)F)nn(-c3ccc(C(=O)Nc4cc(C(F)(F)F)ccn4)c(F)c3)c12. The molecule has 15 heteroatoms. The largest absolute Gasteiger partial charge is 0.416 e. The molecule has 8 nitrogen and oxygen atoms in total. The van der Waals surface area contributed by atoms with Gasteiger partial charge < -0.3 is 11.1 Å². The van der Waals surface area contributed by atoms with Gasteiger partial charge in [-0.05, 0) is 24.3 Å². The molecule has 188 valence electrons. The van der Waals surface area contributed by atoms with E-state index in [1.165, 1.54) is 6.07 Å². The topological polar surface area (TPSA) is 112 Å². The van der Waals surface area contributed by atoms with Gasteiger partial charge in [0.15, 0.2) is 5.82 Å². The standard InChI is InChI=1S/C21H14F7N7O/c22-7-12(18(24)25)15-16-17(19(29)32-8-31-16)35(34-15)10-1-2-11(13(23)6-10)20(36)33-14-5-9(3-4-30-14)21(26,27)28/h1-6,8,12,18H,7H2,(H2,29,31,32)(H,30,33,36). The van der Waals surface area contributed by atoms with Gasteiger partial charge in [-0.2, -0.15) is 18.3 Å². The molecule has 0 radical (unpaired) electrons. The maximum Gasteiger partial charge on any atom is 0.416 e. The monoisotopic (exact) mass is 513 g/mol. The number of pyridine rings is 1. The third-order valence-electron chi connectivity index (χ3n) is 5.11. The first kappa shape index (κ1) is 24.8. The molecule has 3 aromatic heterocycles. The van der Waals surface area contributed by atoms with Crippen LogP contribution in [0.2, 0.25) is 0 Å². The van der Waals surface area contributed by atoms with Crippen LogP contribution >= 0.6 is 0 Å². The molecule has 0 saturated carbocycles. The first-order chi connectivity index (χ1) is 17.0. The van der Waals surface area contributed by atoms with E-state index in [1.54, 1.807) is 0 Å². The predicted molar refractivity (Wildman–Crippen MR) is 113 cm³/mol. The Kier molecular flexibility index (Phi) is 6.47. The summed E-state index contributed by atoms with van der Waals surface area (Å²) in [5, 5.41) is 6.03. The van der Waals surface area contributed by atoms with Crippen molar-refractivity contribution in [1.29, 1.82) is 0 Å². The van der Waals surface area contributed by atoms with E-state index >= 15 is 0 Å². The van der Waals surface area contributed by atoms with Crippen molar-refractivity contribution in [2.75, 3.05) is 17.7 Å². The van der Waals surface area contributed by atoms with Gasteiger partial charge in [0.1, 0.15) is 41.4 Å². The normalized spacial score (nSPS) is 12.8. The summed E-state index contributed by atoms with van der Waals surface area (Å²) >= 11 is 0. The number of hydrogen-bond donors (Lipinski definition) is 2. The second-order valence-corrected chi connectivity index (χ2v) is 7.39. The molecular formula is C21H14F7N7O. The van der Waals surface area contributed by atoms with Gasteiger partial charge in [-0.25, -0.2) is 32.8 Å². The van der Waals surface area contributed by atoms with E-state index in [0.717, 1.165) is 29.3 Å². The van der Waals surface area contributed by atoms with Crippen molar-refractivity contribution in [3.8, 4) is 5.69 Å². The summed E-state index contributed by atoms with van der Waals surface area (Å²) in [4.78, 5) is 23.7. The molecule has 0 saturated heterocycles. The highest BCUT2D eigenvalue weighted by atomic mass is 19.4. The molecule has 0 aliphatic heterocycles. The Labute approximate surface area is 197 Å². The molecule has 1 amide bonds. The van der Waals surface area contributed by atoms with Crippen LogP contribution in [0.3, 0.4) is 0 Å². The number of halogens is 7. The molecule has 1 unspecified atom stereocenters. The Hall–Kier alpha value is -4.30. The number of nitrogens with zero attached hydrogens (tertiary/aromatic N) is 5. The second-order valence-electron chi connectivity index (χ2n) is 7.39. The Bertz CT molecular complexity index is 1440. The minimum absolute atomic E-state index is 0.0867. The highest BCUT2D eigenvalue weighted by molar-refractivity contribution is 6.04. The van der Waals surface area contributed by atoms with Gasteiger partial charge in [0.25, 0.3) is 5.91 Å². The minimum Gasteiger partial charge on any atom is -0.382 e. The maximum atomic E-state index is 14.9. The summed E-state index contributed by atoms with van der Waals surface area (Å²) in [5.74, 6) is -4.83. The smallest absolute Gasteiger partial charge is 0.382 e. The number of fused-ring (bicyclic) bond motifs is 1. The third-order valence-corrected chi connectivity index (χ3v) is 5.11. The van der Waals surface area contributed by atoms with Crippen molar-refractivity contribution in [2.45, 2.75) is 18.5 Å². The van der Waals surface area contributed by atoms with Crippen molar-refractivity contribution in [3.63, 3.8) is 0 Å². The van der Waals surface area contributed by atoms with Crippen LogP contribution < -0.4 is 11.1 Å². The van der Waals surface area contributed by atoms with E-state index < -0.39 is 59.6 Å². The molecule has 4 aromatic rings. The van der Waals surface area contributed by atoms with E-state index in [-0.39, 0.29) is 22.5 Å². The van der Waals surface area contributed by atoms with Crippen LogP contribution in [0.15, 0.2) is 42.9 Å². The van der Waals surface area contributed by atoms with E-state index in [4.69, 9.17) is 5.73 Å². The van der Waals surface area contributed by atoms with Gasteiger partial charge >= 0.3 is 6.18 Å². The quantitative estimate of drug-likeness (QED) is 0.367. The van der Waals surface area contributed by atoms with Crippen LogP contribution in [-0.2, 0) is 6.18 Å². The van der Waals surface area contributed by atoms with E-state index in [0.29, 0.717) is 12.1 Å². The number of anilines is 2. The fraction of sp³-hybridized carbons (Fsp3) is 0.190. The molecule has 0 bridgehead atoms. The number of rotatable bonds is 6. The predicted octanol–water partition coefficient (Wildman–Crippen LogP) is 4.52. The number of carbonyl (C=O) groups excluding carboxylic acids is 1. The molecule has 4 rings (SSSR count). The number of nitrogens with one attached hydrogen (secondary N) is 1. The first-order valence-electron chi connectivity index (χ1n) is 9.99. The van der Waals surface area contributed by atoms with Crippen LogP contribution in [0.1, 0.15) is 27.5 Å². The fourth-order valence-electron chi connectivity index (χ4n) is 3.37. The molecular weight excluding hydrogens is 499 g/mol. The molecule has 0 fully saturated rings. The van der Waals surface area contributed by atoms with Gasteiger partial charge in [-0.1, -0.05) is 0 Å². The van der Waals surface area contributed by atoms with Gasteiger partial charge in [0.05, 0.1) is 22.7 Å². The van der Waals surface area contributed by atoms with Crippen LogP contribution in [0.4, 0.5) is 42.4 Å². The average Bonchev–Trinajstić information content (AvgIpc) is 3.19. The number of amides is 1. The second kappa shape index (κ2) is 9.39. The zero-order valence-corrected chi connectivity index (χ0v) is 17.8. The summed E-state index contributed by atoms with van der Waals surface area (Å²) in [5.41, 5.74) is 3.44. The summed E-state index contributed by atoms with van der Waals surface area (Å²) in [7, 11) is 0. The Morgan fingerprint density at radius 3 is 2.50 bits per heavy atom. The van der Waals surface area contributed by atoms with Crippen molar-refractivity contribution in [2.24, 2.45) is 0 Å². The fourth-order valence-corrected chi connectivity index (χ4v) is 3.37. The summed E-state index contributed by atoms with van der Waals surface area (Å²) in [6.07, 6.45) is -6.00. The number of nitrogens with two attached hydrogens (primary N) is 1. The lowest BCUT2D eigenvalue weighted by atomic mass is 10.1. The summed E-state index contributed by atoms with van der Waals surface area (Å²) < 4.78 is 94.5. The molecule has 1 atom stereocenters. The van der Waals surface area contributed by atoms with Crippen molar-refractivity contribution >= 4 is 28.6 Å². The number of alkyl halides is 6. The Balaban J connectivity index is 1.71. The third kappa shape index (κ3) is 4.63. The highest BCUT2D eigenvalue weighted by Gasteiger charge is 2.32. The lowest BCUT2D eigenvalue weighted by Gasteiger charge is -2.10. The number of hydrogen-bond acceptors (Lipinski definition) is 6. The Morgan fingerprint density at radius 2 is 1.86 bits per heavy atom. The summed E-state index contributed by atoms with van der Waals surface area (Å²) in [6.45, 7) is -1.45. The molecule has 0 aliphatic rings. The lowest BCUT2D eigenvalue weighted by Crippen LogP contribution is -2.16. The van der Waals surface area contributed by atoms with Crippen LogP contribution in [0.5, 0.6) is 0 Å². The van der Waals surface area contributed by atoms with Gasteiger partial charge in [-0.3, -0.25) is 9.18 Å². The first-order valence-corrected chi connectivity index (χ1v) is 9.99. The van der Waals surface area contributed by atoms with Crippen molar-refractivity contribution in [1.82, 2.24) is 24.7 Å². The van der Waals surface area contributed by atoms with Gasteiger partial charge in [0, 0.05) is 12.3 Å². The zero-order valence-electron chi connectivity index (χ0n) is 17.8. The van der Waals surface area contributed by atoms with Crippen LogP contribution in [-0.4, -0.2) is 43.7 Å². The van der Waals surface area contributed by atoms with E-state index in [2.05, 4.69) is 25.4 Å². The van der Waals surface area contributed by atoms with Crippen LogP contribution in [0, 0.1) is 5.82 Å². The average molecular weight is 513 g/mol. The zero-order chi connectivity index (χ0) is 26.2. The van der Waals surface area contributed by atoms with E-state index in [9.17, 15) is 35.5 Å². The molecule has 1 aromatic carbocycles. The molecule has 3 N–H and O–H groups in total. The number of benzene rings is 1. The number of carbonyl (C=O) groups is 1.